The van der Waals surface area contributed by atoms with Crippen LogP contribution in [0.4, 0.5) is 0 Å². The van der Waals surface area contributed by atoms with E-state index in [4.69, 9.17) is 19.4 Å². The van der Waals surface area contributed by atoms with Gasteiger partial charge in [0.2, 0.25) is 5.95 Å². The summed E-state index contributed by atoms with van der Waals surface area (Å²) in [5.74, 6) is 2.52. The third-order valence-electron chi connectivity index (χ3n) is 8.18. The van der Waals surface area contributed by atoms with Crippen molar-refractivity contribution in [2.75, 3.05) is 0 Å². The summed E-state index contributed by atoms with van der Waals surface area (Å²) in [5.41, 5.74) is 7.96. The second-order valence-electron chi connectivity index (χ2n) is 10.9. The van der Waals surface area contributed by atoms with Crippen LogP contribution in [0, 0.1) is 0 Å². The Morgan fingerprint density at radius 2 is 1.20 bits per heavy atom. The number of benzene rings is 5. The SMILES string of the molecule is C=Cc1oc2ccc3c(c4ccccc4n3-c3nc(-c4ccccc4)nc(-c4ccc(-c5ccccc5)cc4)n3)c2c1/C=C\C. The number of rotatable bonds is 6. The Bertz CT molecular complexity index is 2380. The predicted molar refractivity (Wildman–Crippen MR) is 185 cm³/mol. The van der Waals surface area contributed by atoms with E-state index in [1.807, 2.05) is 55.5 Å². The molecule has 214 valence electrons. The Kier molecular flexibility index (Phi) is 6.42. The highest BCUT2D eigenvalue weighted by Gasteiger charge is 2.22. The summed E-state index contributed by atoms with van der Waals surface area (Å²) in [6.45, 7) is 6.02. The van der Waals surface area contributed by atoms with Crippen molar-refractivity contribution >= 4 is 44.9 Å². The van der Waals surface area contributed by atoms with Crippen LogP contribution in [0.5, 0.6) is 0 Å². The van der Waals surface area contributed by atoms with Crippen molar-refractivity contribution in [3.8, 4) is 39.9 Å². The van der Waals surface area contributed by atoms with Gasteiger partial charge in [0, 0.05) is 32.8 Å². The zero-order valence-corrected chi connectivity index (χ0v) is 24.7. The second-order valence-corrected chi connectivity index (χ2v) is 10.9. The molecular weight excluding hydrogens is 552 g/mol. The molecule has 0 radical (unpaired) electrons. The van der Waals surface area contributed by atoms with Gasteiger partial charge >= 0.3 is 0 Å². The lowest BCUT2D eigenvalue weighted by Crippen LogP contribution is -2.06. The van der Waals surface area contributed by atoms with Gasteiger partial charge in [-0.05, 0) is 42.3 Å². The zero-order valence-electron chi connectivity index (χ0n) is 24.7. The molecule has 5 aromatic carbocycles. The lowest BCUT2D eigenvalue weighted by molar-refractivity contribution is 0.603. The average Bonchev–Trinajstić information content (AvgIpc) is 3.64. The van der Waals surface area contributed by atoms with Gasteiger partial charge < -0.3 is 4.42 Å². The smallest absolute Gasteiger partial charge is 0.238 e. The fourth-order valence-corrected chi connectivity index (χ4v) is 6.14. The van der Waals surface area contributed by atoms with Gasteiger partial charge in [0.1, 0.15) is 11.3 Å². The number of hydrogen-bond acceptors (Lipinski definition) is 4. The summed E-state index contributed by atoms with van der Waals surface area (Å²) in [4.78, 5) is 15.2. The number of furan rings is 1. The molecule has 8 aromatic rings. The summed E-state index contributed by atoms with van der Waals surface area (Å²) in [6.07, 6.45) is 5.89. The van der Waals surface area contributed by atoms with E-state index < -0.39 is 0 Å². The molecule has 5 heteroatoms. The molecule has 0 spiro atoms. The Balaban J connectivity index is 1.40. The van der Waals surface area contributed by atoms with Crippen molar-refractivity contribution in [1.82, 2.24) is 19.5 Å². The van der Waals surface area contributed by atoms with E-state index in [2.05, 4.69) is 96.1 Å². The Morgan fingerprint density at radius 1 is 0.600 bits per heavy atom. The summed E-state index contributed by atoms with van der Waals surface area (Å²) in [6, 6.07) is 41.3. The van der Waals surface area contributed by atoms with Crippen LogP contribution in [0.2, 0.25) is 0 Å². The number of para-hydroxylation sites is 1. The van der Waals surface area contributed by atoms with E-state index in [9.17, 15) is 0 Å². The second kappa shape index (κ2) is 10.9. The first kappa shape index (κ1) is 26.5. The van der Waals surface area contributed by atoms with Crippen LogP contribution in [0.25, 0.3) is 84.8 Å². The molecule has 0 atom stereocenters. The molecule has 0 bridgehead atoms. The van der Waals surface area contributed by atoms with Crippen molar-refractivity contribution in [2.45, 2.75) is 6.92 Å². The van der Waals surface area contributed by atoms with Gasteiger partial charge in [-0.3, -0.25) is 4.57 Å². The van der Waals surface area contributed by atoms with Crippen LogP contribution < -0.4 is 0 Å². The molecular formula is C40H28N4O. The van der Waals surface area contributed by atoms with E-state index in [1.165, 1.54) is 0 Å². The Labute approximate surface area is 260 Å². The van der Waals surface area contributed by atoms with Crippen molar-refractivity contribution in [2.24, 2.45) is 0 Å². The summed E-state index contributed by atoms with van der Waals surface area (Å²) < 4.78 is 8.39. The van der Waals surface area contributed by atoms with Gasteiger partial charge in [-0.25, -0.2) is 4.98 Å². The molecule has 0 aliphatic rings. The molecule has 0 saturated heterocycles. The number of nitrogens with zero attached hydrogens (tertiary/aromatic N) is 4. The van der Waals surface area contributed by atoms with Crippen molar-refractivity contribution in [1.29, 1.82) is 0 Å². The van der Waals surface area contributed by atoms with E-state index >= 15 is 0 Å². The third-order valence-corrected chi connectivity index (χ3v) is 8.18. The first-order valence-corrected chi connectivity index (χ1v) is 14.9. The van der Waals surface area contributed by atoms with Gasteiger partial charge in [-0.2, -0.15) is 9.97 Å². The largest absolute Gasteiger partial charge is 0.456 e. The van der Waals surface area contributed by atoms with Crippen LogP contribution in [0.3, 0.4) is 0 Å². The number of allylic oxidation sites excluding steroid dienone is 1. The molecule has 0 aliphatic heterocycles. The van der Waals surface area contributed by atoms with Crippen LogP contribution in [-0.4, -0.2) is 19.5 Å². The third kappa shape index (κ3) is 4.45. The standard InChI is InChI=1S/C40H28N4O/c1-3-13-31-34(4-2)45-35-25-24-33-36(37(31)35)30-18-11-12-19-32(30)44(33)40-42-38(28-16-9-6-10-17-28)41-39(43-40)29-22-20-27(21-23-29)26-14-7-5-8-15-26/h3-25H,2H2,1H3/b13-3-. The number of hydrogen-bond donors (Lipinski definition) is 0. The Morgan fingerprint density at radius 3 is 1.89 bits per heavy atom. The average molecular weight is 581 g/mol. The summed E-state index contributed by atoms with van der Waals surface area (Å²) in [5, 5.41) is 3.23. The van der Waals surface area contributed by atoms with Gasteiger partial charge in [0.05, 0.1) is 11.0 Å². The fourth-order valence-electron chi connectivity index (χ4n) is 6.14. The van der Waals surface area contributed by atoms with E-state index in [0.717, 1.165) is 66.4 Å². The topological polar surface area (TPSA) is 56.7 Å². The number of aromatic nitrogens is 4. The Hall–Kier alpha value is -6.07. The molecule has 0 N–H and O–H groups in total. The van der Waals surface area contributed by atoms with Crippen LogP contribution in [-0.2, 0) is 0 Å². The van der Waals surface area contributed by atoms with Gasteiger partial charge in [-0.1, -0.05) is 122 Å². The minimum atomic E-state index is 0.552. The molecule has 8 rings (SSSR count). The van der Waals surface area contributed by atoms with Gasteiger partial charge in [-0.15, -0.1) is 0 Å². The lowest BCUT2D eigenvalue weighted by Gasteiger charge is -2.11. The molecule has 0 aliphatic carbocycles. The zero-order chi connectivity index (χ0) is 30.3. The highest BCUT2D eigenvalue weighted by molar-refractivity contribution is 6.22. The summed E-state index contributed by atoms with van der Waals surface area (Å²) >= 11 is 0. The highest BCUT2D eigenvalue weighted by Crippen LogP contribution is 2.41. The predicted octanol–water partition coefficient (Wildman–Crippen LogP) is 10.4. The van der Waals surface area contributed by atoms with E-state index in [0.29, 0.717) is 17.6 Å². The lowest BCUT2D eigenvalue weighted by atomic mass is 10.0. The number of fused-ring (bicyclic) bond motifs is 5. The normalized spacial score (nSPS) is 11.7. The molecule has 0 fully saturated rings. The summed E-state index contributed by atoms with van der Waals surface area (Å²) in [7, 11) is 0. The maximum Gasteiger partial charge on any atom is 0.238 e. The first-order chi connectivity index (χ1) is 22.2. The molecule has 0 saturated carbocycles. The minimum Gasteiger partial charge on any atom is -0.456 e. The molecule has 0 unspecified atom stereocenters. The molecule has 3 heterocycles. The molecule has 5 nitrogen and oxygen atoms in total. The molecule has 0 amide bonds. The maximum absolute atomic E-state index is 6.25. The first-order valence-electron chi connectivity index (χ1n) is 14.9. The minimum absolute atomic E-state index is 0.552. The fraction of sp³-hybridized carbons (Fsp3) is 0.0250. The highest BCUT2D eigenvalue weighted by atomic mass is 16.3. The van der Waals surface area contributed by atoms with Crippen LogP contribution >= 0.6 is 0 Å². The van der Waals surface area contributed by atoms with Crippen molar-refractivity contribution in [3.05, 3.63) is 145 Å². The van der Waals surface area contributed by atoms with Gasteiger partial charge in [0.25, 0.3) is 0 Å². The van der Waals surface area contributed by atoms with Gasteiger partial charge in [0.15, 0.2) is 11.6 Å². The van der Waals surface area contributed by atoms with E-state index in [-0.39, 0.29) is 0 Å². The monoisotopic (exact) mass is 580 g/mol. The molecule has 45 heavy (non-hydrogen) atoms. The quantitative estimate of drug-likeness (QED) is 0.196. The van der Waals surface area contributed by atoms with Crippen molar-refractivity contribution < 1.29 is 4.42 Å². The maximum atomic E-state index is 6.25. The van der Waals surface area contributed by atoms with Crippen molar-refractivity contribution in [3.63, 3.8) is 0 Å². The van der Waals surface area contributed by atoms with E-state index in [1.54, 1.807) is 6.08 Å². The molecule has 3 aromatic heterocycles. The van der Waals surface area contributed by atoms with Crippen LogP contribution in [0.1, 0.15) is 18.2 Å². The van der Waals surface area contributed by atoms with Crippen LogP contribution in [0.15, 0.2) is 138 Å².